The number of rotatable bonds is 15. The molecule has 4 saturated carbocycles. The van der Waals surface area contributed by atoms with Gasteiger partial charge in [-0.15, -0.1) is 0 Å². The SMILES string of the molecule is CC1C2C(CC3C4CCC5C[C@@H](O[C@@H]6O[C@H](CO)[C@H](O[C@@H]7O[C@H](CO)[C@@H](O)[C@H](O[C@@H]8O[C@H](CO)C(O)[C@H](O[C@@H]9O[C@H](CO)[C@@H](O)[C@H](O)[C@H]9O)C8O)[C@H]7O[C@@H]7O[C@H](CO)[C@@H](O)[C@H](O)[C@H]7O)[C@H](O)[C@H]6O)[C@H](O)C[C@]5(C)C4CC[C@@]32C)O[C@]12CC[C@@H](C)CO2. The lowest BCUT2D eigenvalue weighted by Crippen LogP contribution is -2.69. The summed E-state index contributed by atoms with van der Waals surface area (Å²) < 4.78 is 73.1. The summed E-state index contributed by atoms with van der Waals surface area (Å²) in [5, 5.41) is 187. The molecule has 38 atom stereocenters. The van der Waals surface area contributed by atoms with Crippen molar-refractivity contribution in [2.75, 3.05) is 39.6 Å². The molecule has 4 aliphatic carbocycles. The maximum Gasteiger partial charge on any atom is 0.187 e. The monoisotopic (exact) mass is 1240 g/mol. The predicted octanol–water partition coefficient (Wildman–Crippen LogP) is -6.11. The van der Waals surface area contributed by atoms with Crippen molar-refractivity contribution in [1.29, 1.82) is 0 Å². The summed E-state index contributed by atoms with van der Waals surface area (Å²) >= 11 is 0. The van der Waals surface area contributed by atoms with Gasteiger partial charge in [0, 0.05) is 12.3 Å². The molecular weight excluding hydrogens is 1150 g/mol. The van der Waals surface area contributed by atoms with E-state index in [1.807, 2.05) is 0 Å². The van der Waals surface area contributed by atoms with Gasteiger partial charge in [-0.25, -0.2) is 0 Å². The Morgan fingerprint density at radius 1 is 0.430 bits per heavy atom. The maximum absolute atomic E-state index is 12.1. The van der Waals surface area contributed by atoms with Gasteiger partial charge in [-0.1, -0.05) is 27.7 Å². The van der Waals surface area contributed by atoms with Crippen LogP contribution in [0.15, 0.2) is 0 Å². The highest BCUT2D eigenvalue weighted by atomic mass is 16.8. The van der Waals surface area contributed by atoms with Crippen molar-refractivity contribution in [1.82, 2.24) is 0 Å². The van der Waals surface area contributed by atoms with Gasteiger partial charge in [0.15, 0.2) is 37.2 Å². The molecule has 1 spiro atoms. The summed E-state index contributed by atoms with van der Waals surface area (Å²) in [7, 11) is 0. The molecule has 0 aromatic carbocycles. The third-order valence-electron chi connectivity index (χ3n) is 22.5. The van der Waals surface area contributed by atoms with Crippen LogP contribution in [0.4, 0.5) is 0 Å². The zero-order valence-corrected chi connectivity index (χ0v) is 48.8. The highest BCUT2D eigenvalue weighted by Crippen LogP contribution is 2.71. The highest BCUT2D eigenvalue weighted by Gasteiger charge is 2.70. The zero-order chi connectivity index (χ0) is 61.8. The van der Waals surface area contributed by atoms with Crippen molar-refractivity contribution in [2.24, 2.45) is 52.3 Å². The summed E-state index contributed by atoms with van der Waals surface area (Å²) in [5.41, 5.74) is -0.144. The van der Waals surface area contributed by atoms with E-state index in [-0.39, 0.29) is 28.8 Å². The standard InChI is InChI=1S/C57H94O29/c1-20-7-10-57(75-19-20)21(2)34-28(86-57)12-25-23-6-5-22-11-27(26(63)13-56(22,4)24(23)8-9-55(25,34)3)76-50-44(73)41(70)46(33(18-62)81-50)82-54-49(85-52-43(72)40(69)36(65)30(15-59)78-52)48(38(67)32(17-61)80-54)84-53-45(74)47(37(66)31(16-60)79-53)83-51-42(71)39(68)35(64)29(14-58)77-51/h20-54,58-74H,5-19H2,1-4H3/t20-,21?,22?,23?,24?,25?,26-,27-,28?,29-,30-,31-,32-,33-,34?,35-,36-,37?,38-,39+,40+,41-,42-,43-,44-,45?,46+,47+,48+,49-,50-,51+,52+,53+,54+,55+,56+,57-/m1/s1. The third-order valence-corrected chi connectivity index (χ3v) is 22.5. The van der Waals surface area contributed by atoms with Gasteiger partial charge in [0.25, 0.3) is 0 Å². The molecule has 86 heavy (non-hydrogen) atoms. The molecule has 0 aromatic heterocycles. The second-order valence-corrected chi connectivity index (χ2v) is 27.3. The van der Waals surface area contributed by atoms with E-state index in [2.05, 4.69) is 27.7 Å². The van der Waals surface area contributed by atoms with E-state index < -0.39 is 205 Å². The van der Waals surface area contributed by atoms with E-state index in [0.29, 0.717) is 49.0 Å². The van der Waals surface area contributed by atoms with Crippen LogP contribution in [-0.2, 0) is 56.8 Å². The Morgan fingerprint density at radius 2 is 0.930 bits per heavy atom. The lowest BCUT2D eigenvalue weighted by Gasteiger charge is -2.62. The van der Waals surface area contributed by atoms with Gasteiger partial charge in [0.1, 0.15) is 122 Å². The van der Waals surface area contributed by atoms with E-state index in [9.17, 15) is 86.8 Å². The predicted molar refractivity (Wildman–Crippen MR) is 282 cm³/mol. The molecule has 11 aliphatic rings. The second-order valence-electron chi connectivity index (χ2n) is 27.3. The number of hydrogen-bond acceptors (Lipinski definition) is 29. The number of aliphatic hydroxyl groups excluding tert-OH is 17. The van der Waals surface area contributed by atoms with E-state index >= 15 is 0 Å². The normalized spacial score (nSPS) is 57.5. The molecule has 0 amide bonds. The highest BCUT2D eigenvalue weighted by molar-refractivity contribution is 5.16. The fraction of sp³-hybridized carbons (Fsp3) is 1.00. The summed E-state index contributed by atoms with van der Waals surface area (Å²) in [6, 6.07) is 0. The molecule has 17 N–H and O–H groups in total. The molecule has 496 valence electrons. The summed E-state index contributed by atoms with van der Waals surface area (Å²) in [5.74, 6) is 2.05. The maximum atomic E-state index is 12.1. The lowest BCUT2D eigenvalue weighted by atomic mass is 9.44. The molecule has 7 saturated heterocycles. The van der Waals surface area contributed by atoms with Crippen molar-refractivity contribution < 1.29 is 144 Å². The van der Waals surface area contributed by atoms with Gasteiger partial charge in [0.05, 0.1) is 58.0 Å². The minimum absolute atomic E-state index is 0.0937. The Hall–Kier alpha value is -1.16. The molecule has 29 nitrogen and oxygen atoms in total. The van der Waals surface area contributed by atoms with Gasteiger partial charge in [-0.05, 0) is 97.7 Å². The molecule has 11 rings (SSSR count). The van der Waals surface area contributed by atoms with Crippen LogP contribution in [-0.4, -0.2) is 304 Å². The molecule has 7 aliphatic heterocycles. The third kappa shape index (κ3) is 11.5. The Balaban J connectivity index is 0.794. The molecule has 9 unspecified atom stereocenters. The molecular formula is C57H94O29. The van der Waals surface area contributed by atoms with Crippen molar-refractivity contribution in [2.45, 2.75) is 263 Å². The quantitative estimate of drug-likeness (QED) is 0.0679. The smallest absolute Gasteiger partial charge is 0.187 e. The summed E-state index contributed by atoms with van der Waals surface area (Å²) in [4.78, 5) is 0. The topological polar surface area (TPSA) is 455 Å². The molecule has 0 bridgehead atoms. The first-order chi connectivity index (χ1) is 40.9. The molecule has 0 aromatic rings. The second kappa shape index (κ2) is 26.0. The Labute approximate surface area is 497 Å². The van der Waals surface area contributed by atoms with Crippen LogP contribution in [0.5, 0.6) is 0 Å². The minimum Gasteiger partial charge on any atom is -0.394 e. The number of hydrogen-bond donors (Lipinski definition) is 17. The zero-order valence-electron chi connectivity index (χ0n) is 48.8. The minimum atomic E-state index is -2.22. The lowest BCUT2D eigenvalue weighted by molar-refractivity contribution is -0.411. The van der Waals surface area contributed by atoms with Crippen molar-refractivity contribution in [3.63, 3.8) is 0 Å². The fourth-order valence-corrected chi connectivity index (χ4v) is 17.7. The van der Waals surface area contributed by atoms with E-state index in [1.54, 1.807) is 0 Å². The van der Waals surface area contributed by atoms with E-state index in [0.717, 1.165) is 44.9 Å². The number of fused-ring (bicyclic) bond motifs is 7. The van der Waals surface area contributed by atoms with E-state index in [4.69, 9.17) is 56.8 Å². The van der Waals surface area contributed by atoms with Crippen LogP contribution < -0.4 is 0 Å². The van der Waals surface area contributed by atoms with Gasteiger partial charge in [-0.3, -0.25) is 0 Å². The summed E-state index contributed by atoms with van der Waals surface area (Å²) in [6.07, 6.45) is -42.1. The Morgan fingerprint density at radius 3 is 1.51 bits per heavy atom. The van der Waals surface area contributed by atoms with Crippen molar-refractivity contribution >= 4 is 0 Å². The average Bonchev–Trinajstić information content (AvgIpc) is 1.51. The largest absolute Gasteiger partial charge is 0.394 e. The molecule has 0 radical (unpaired) electrons. The van der Waals surface area contributed by atoms with Crippen LogP contribution in [0, 0.1) is 52.3 Å². The summed E-state index contributed by atoms with van der Waals surface area (Å²) in [6.45, 7) is 5.28. The van der Waals surface area contributed by atoms with Gasteiger partial charge >= 0.3 is 0 Å². The fourth-order valence-electron chi connectivity index (χ4n) is 17.7. The number of aliphatic hydroxyl groups is 17. The Kier molecular flexibility index (Phi) is 20.0. The van der Waals surface area contributed by atoms with Crippen LogP contribution in [0.1, 0.15) is 85.5 Å². The van der Waals surface area contributed by atoms with Crippen LogP contribution in [0.3, 0.4) is 0 Å². The van der Waals surface area contributed by atoms with Gasteiger partial charge in [0.2, 0.25) is 0 Å². The van der Waals surface area contributed by atoms with Crippen molar-refractivity contribution in [3.05, 3.63) is 0 Å². The first kappa shape index (κ1) is 66.3. The molecule has 7 heterocycles. The molecule has 11 fully saturated rings. The van der Waals surface area contributed by atoms with Crippen molar-refractivity contribution in [3.8, 4) is 0 Å². The first-order valence-electron chi connectivity index (χ1n) is 30.9. The van der Waals surface area contributed by atoms with Crippen LogP contribution in [0.25, 0.3) is 0 Å². The number of ether oxygens (including phenoxy) is 12. The van der Waals surface area contributed by atoms with Gasteiger partial charge in [-0.2, -0.15) is 0 Å². The Bertz CT molecular complexity index is 2230. The first-order valence-corrected chi connectivity index (χ1v) is 30.9. The average molecular weight is 1240 g/mol. The van der Waals surface area contributed by atoms with E-state index in [1.165, 1.54) is 0 Å². The molecule has 29 heteroatoms. The van der Waals surface area contributed by atoms with Gasteiger partial charge < -0.3 is 144 Å². The van der Waals surface area contributed by atoms with Crippen LogP contribution >= 0.6 is 0 Å². The van der Waals surface area contributed by atoms with Crippen LogP contribution in [0.2, 0.25) is 0 Å².